The molecule has 1 aliphatic carbocycles. The molecular weight excluding hydrogens is 296 g/mol. The van der Waals surface area contributed by atoms with Gasteiger partial charge in [-0.1, -0.05) is 0 Å². The van der Waals surface area contributed by atoms with Crippen LogP contribution in [0.1, 0.15) is 30.5 Å². The highest BCUT2D eigenvalue weighted by Gasteiger charge is 2.30. The number of hydrogen-bond donors (Lipinski definition) is 1. The molecule has 122 valence electrons. The third-order valence-electron chi connectivity index (χ3n) is 4.07. The summed E-state index contributed by atoms with van der Waals surface area (Å²) in [6, 6.07) is 3.75. The molecule has 2 aromatic rings. The Morgan fingerprint density at radius 1 is 1.26 bits per heavy atom. The largest absolute Gasteiger partial charge is 0.424 e. The van der Waals surface area contributed by atoms with Crippen LogP contribution in [-0.4, -0.2) is 57.6 Å². The van der Waals surface area contributed by atoms with Crippen LogP contribution in [0.4, 0.5) is 5.82 Å². The quantitative estimate of drug-likeness (QED) is 0.846. The van der Waals surface area contributed by atoms with Crippen molar-refractivity contribution >= 4 is 5.82 Å². The lowest BCUT2D eigenvalue weighted by molar-refractivity contribution is -0.0265. The first-order chi connectivity index (χ1) is 11.4. The predicted molar refractivity (Wildman–Crippen MR) is 81.8 cm³/mol. The van der Waals surface area contributed by atoms with E-state index in [1.165, 1.54) is 12.8 Å². The van der Waals surface area contributed by atoms with Crippen molar-refractivity contribution < 1.29 is 9.15 Å². The highest BCUT2D eigenvalue weighted by atomic mass is 16.5. The summed E-state index contributed by atoms with van der Waals surface area (Å²) < 4.78 is 11.5. The third-order valence-corrected chi connectivity index (χ3v) is 4.07. The van der Waals surface area contributed by atoms with E-state index in [4.69, 9.17) is 9.15 Å². The number of nitrogens with zero attached hydrogens (tertiary/aromatic N) is 5. The summed E-state index contributed by atoms with van der Waals surface area (Å²) in [5.74, 6) is 2.77. The van der Waals surface area contributed by atoms with Crippen LogP contribution in [0.15, 0.2) is 22.7 Å². The van der Waals surface area contributed by atoms with Crippen molar-refractivity contribution in [1.82, 2.24) is 25.3 Å². The van der Waals surface area contributed by atoms with Crippen LogP contribution in [-0.2, 0) is 11.3 Å². The Morgan fingerprint density at radius 3 is 3.04 bits per heavy atom. The second-order valence-electron chi connectivity index (χ2n) is 6.03. The van der Waals surface area contributed by atoms with Crippen LogP contribution < -0.4 is 5.32 Å². The van der Waals surface area contributed by atoms with Crippen molar-refractivity contribution in [2.75, 3.05) is 31.6 Å². The molecule has 1 aliphatic heterocycles. The molecule has 1 N–H and O–H groups in total. The van der Waals surface area contributed by atoms with Gasteiger partial charge in [0.05, 0.1) is 19.3 Å². The summed E-state index contributed by atoms with van der Waals surface area (Å²) in [5, 5.41) is 19.4. The minimum absolute atomic E-state index is 0.108. The zero-order valence-electron chi connectivity index (χ0n) is 12.9. The van der Waals surface area contributed by atoms with Crippen molar-refractivity contribution in [3.63, 3.8) is 0 Å². The van der Waals surface area contributed by atoms with Gasteiger partial charge in [0.2, 0.25) is 11.8 Å². The van der Waals surface area contributed by atoms with E-state index in [2.05, 4.69) is 30.6 Å². The van der Waals surface area contributed by atoms with E-state index < -0.39 is 0 Å². The van der Waals surface area contributed by atoms with Crippen LogP contribution in [0, 0.1) is 0 Å². The van der Waals surface area contributed by atoms with E-state index in [-0.39, 0.29) is 6.10 Å². The smallest absolute Gasteiger partial charge is 0.230 e. The monoisotopic (exact) mass is 316 g/mol. The van der Waals surface area contributed by atoms with Crippen molar-refractivity contribution in [1.29, 1.82) is 0 Å². The van der Waals surface area contributed by atoms with Gasteiger partial charge in [0.25, 0.3) is 0 Å². The summed E-state index contributed by atoms with van der Waals surface area (Å²) >= 11 is 0. The number of anilines is 1. The fourth-order valence-corrected chi connectivity index (χ4v) is 2.68. The standard InChI is InChI=1S/C15H20N6O2/c1-2-13(18-17-5-1)16-8-12-9-21(6-7-22-12)10-14-19-20-15(23-14)11-3-4-11/h1-2,5,11-12H,3-4,6-10H2,(H,16,18)/t12-/m0/s1. The second kappa shape index (κ2) is 6.59. The predicted octanol–water partition coefficient (Wildman–Crippen LogP) is 1.05. The van der Waals surface area contributed by atoms with Gasteiger partial charge in [-0.25, -0.2) is 0 Å². The highest BCUT2D eigenvalue weighted by Crippen LogP contribution is 2.39. The van der Waals surface area contributed by atoms with Gasteiger partial charge >= 0.3 is 0 Å². The number of hydrogen-bond acceptors (Lipinski definition) is 8. The van der Waals surface area contributed by atoms with E-state index in [1.54, 1.807) is 6.20 Å². The number of ether oxygens (including phenoxy) is 1. The summed E-state index contributed by atoms with van der Waals surface area (Å²) in [6.07, 6.45) is 4.12. The summed E-state index contributed by atoms with van der Waals surface area (Å²) in [6.45, 7) is 3.80. The Hall–Kier alpha value is -2.06. The van der Waals surface area contributed by atoms with Gasteiger partial charge in [0.1, 0.15) is 5.82 Å². The molecule has 2 aromatic heterocycles. The van der Waals surface area contributed by atoms with Crippen LogP contribution >= 0.6 is 0 Å². The molecule has 2 aliphatic rings. The van der Waals surface area contributed by atoms with E-state index in [1.807, 2.05) is 12.1 Å². The topological polar surface area (TPSA) is 89.2 Å². The Bertz CT molecular complexity index is 630. The maximum Gasteiger partial charge on any atom is 0.230 e. The molecule has 1 saturated carbocycles. The lowest BCUT2D eigenvalue weighted by atomic mass is 10.2. The number of aromatic nitrogens is 4. The first-order valence-corrected chi connectivity index (χ1v) is 8.04. The number of rotatable bonds is 6. The molecule has 3 heterocycles. The Labute approximate surface area is 134 Å². The summed E-state index contributed by atoms with van der Waals surface area (Å²) in [7, 11) is 0. The molecule has 0 unspecified atom stereocenters. The maximum absolute atomic E-state index is 5.80. The van der Waals surface area contributed by atoms with Crippen LogP contribution in [0.3, 0.4) is 0 Å². The molecule has 23 heavy (non-hydrogen) atoms. The van der Waals surface area contributed by atoms with Crippen LogP contribution in [0.5, 0.6) is 0 Å². The van der Waals surface area contributed by atoms with Crippen molar-refractivity contribution in [3.8, 4) is 0 Å². The molecule has 1 saturated heterocycles. The minimum atomic E-state index is 0.108. The lowest BCUT2D eigenvalue weighted by Gasteiger charge is -2.32. The molecule has 8 nitrogen and oxygen atoms in total. The molecule has 4 rings (SSSR count). The van der Waals surface area contributed by atoms with E-state index in [0.717, 1.165) is 24.8 Å². The van der Waals surface area contributed by atoms with Crippen LogP contribution in [0.2, 0.25) is 0 Å². The molecule has 1 atom stereocenters. The van der Waals surface area contributed by atoms with Gasteiger partial charge in [-0.2, -0.15) is 5.10 Å². The normalized spacial score (nSPS) is 22.2. The molecule has 2 fully saturated rings. The second-order valence-corrected chi connectivity index (χ2v) is 6.03. The molecule has 0 bridgehead atoms. The Morgan fingerprint density at radius 2 is 2.22 bits per heavy atom. The van der Waals surface area contributed by atoms with Crippen LogP contribution in [0.25, 0.3) is 0 Å². The van der Waals surface area contributed by atoms with Gasteiger partial charge in [-0.3, -0.25) is 4.90 Å². The van der Waals surface area contributed by atoms with Gasteiger partial charge in [0.15, 0.2) is 0 Å². The number of nitrogens with one attached hydrogen (secondary N) is 1. The SMILES string of the molecule is c1cnnc(NC[C@H]2CN(Cc3nnc(C4CC4)o3)CCO2)c1. The van der Waals surface area contributed by atoms with Crippen molar-refractivity contribution in [2.45, 2.75) is 31.4 Å². The molecule has 0 amide bonds. The van der Waals surface area contributed by atoms with Gasteiger partial charge in [0, 0.05) is 31.7 Å². The zero-order valence-corrected chi connectivity index (χ0v) is 12.9. The molecular formula is C15H20N6O2. The maximum atomic E-state index is 5.80. The van der Waals surface area contributed by atoms with Gasteiger partial charge in [-0.15, -0.1) is 15.3 Å². The fourth-order valence-electron chi connectivity index (χ4n) is 2.68. The molecule has 0 aromatic carbocycles. The fraction of sp³-hybridized carbons (Fsp3) is 0.600. The number of morpholine rings is 1. The van der Waals surface area contributed by atoms with Crippen molar-refractivity contribution in [3.05, 3.63) is 30.1 Å². The molecule has 0 spiro atoms. The zero-order chi connectivity index (χ0) is 15.5. The van der Waals surface area contributed by atoms with E-state index in [0.29, 0.717) is 31.5 Å². The van der Waals surface area contributed by atoms with Crippen molar-refractivity contribution in [2.24, 2.45) is 0 Å². The van der Waals surface area contributed by atoms with Gasteiger partial charge in [-0.05, 0) is 25.0 Å². The van der Waals surface area contributed by atoms with E-state index in [9.17, 15) is 0 Å². The average Bonchev–Trinajstić information content (AvgIpc) is 3.34. The summed E-state index contributed by atoms with van der Waals surface area (Å²) in [4.78, 5) is 2.29. The molecule has 8 heteroatoms. The average molecular weight is 316 g/mol. The Balaban J connectivity index is 1.28. The molecule has 0 radical (unpaired) electrons. The highest BCUT2D eigenvalue weighted by molar-refractivity contribution is 5.31. The van der Waals surface area contributed by atoms with Gasteiger partial charge < -0.3 is 14.5 Å². The lowest BCUT2D eigenvalue weighted by Crippen LogP contribution is -2.44. The van der Waals surface area contributed by atoms with E-state index >= 15 is 0 Å². The summed E-state index contributed by atoms with van der Waals surface area (Å²) in [5.41, 5.74) is 0. The first-order valence-electron chi connectivity index (χ1n) is 8.04. The first kappa shape index (κ1) is 14.5. The Kier molecular flexibility index (Phi) is 4.16. The minimum Gasteiger partial charge on any atom is -0.424 e. The third kappa shape index (κ3) is 3.83.